The van der Waals surface area contributed by atoms with E-state index in [4.69, 9.17) is 9.47 Å². The number of hydrogen-bond acceptors (Lipinski definition) is 5. The van der Waals surface area contributed by atoms with E-state index in [1.54, 1.807) is 25.7 Å². The molecule has 0 bridgehead atoms. The third-order valence-corrected chi connectivity index (χ3v) is 6.31. The topological polar surface area (TPSA) is 93.1 Å². The zero-order chi connectivity index (χ0) is 21.5. The fourth-order valence-electron chi connectivity index (χ4n) is 4.69. The number of piperidine rings is 1. The van der Waals surface area contributed by atoms with Crippen LogP contribution in [-0.4, -0.2) is 59.3 Å². The Morgan fingerprint density at radius 1 is 1.14 bits per heavy atom. The lowest BCUT2D eigenvalue weighted by atomic mass is 9.49. The van der Waals surface area contributed by atoms with Gasteiger partial charge in [-0.1, -0.05) is 20.8 Å². The van der Waals surface area contributed by atoms with Gasteiger partial charge < -0.3 is 19.5 Å². The Balaban J connectivity index is 2.61. The number of hydrogen-bond donors (Lipinski definition) is 1. The Morgan fingerprint density at radius 2 is 1.68 bits per heavy atom. The molecule has 2 aliphatic rings. The number of carboxylic acids is 1. The number of ether oxygens (including phenoxy) is 2. The lowest BCUT2D eigenvalue weighted by Gasteiger charge is -2.58. The third kappa shape index (κ3) is 3.78. The van der Waals surface area contributed by atoms with Crippen molar-refractivity contribution < 1.29 is 29.0 Å². The van der Waals surface area contributed by atoms with E-state index in [9.17, 15) is 19.5 Å². The van der Waals surface area contributed by atoms with Crippen LogP contribution in [0.5, 0.6) is 0 Å². The van der Waals surface area contributed by atoms with E-state index >= 15 is 0 Å². The first-order valence-electron chi connectivity index (χ1n) is 10.00. The number of esters is 1. The van der Waals surface area contributed by atoms with Crippen molar-refractivity contribution >= 4 is 17.8 Å². The van der Waals surface area contributed by atoms with Crippen LogP contribution < -0.4 is 0 Å². The monoisotopic (exact) mass is 397 g/mol. The fraction of sp³-hybridized carbons (Fsp3) is 0.857. The molecule has 0 aromatic heterocycles. The van der Waals surface area contributed by atoms with E-state index in [-0.39, 0.29) is 24.9 Å². The highest BCUT2D eigenvalue weighted by molar-refractivity contribution is 5.95. The second kappa shape index (κ2) is 7.32. The highest BCUT2D eigenvalue weighted by Gasteiger charge is 2.69. The predicted molar refractivity (Wildman–Crippen MR) is 104 cm³/mol. The molecule has 2 rings (SSSR count). The van der Waals surface area contributed by atoms with Crippen LogP contribution in [0.15, 0.2) is 0 Å². The summed E-state index contributed by atoms with van der Waals surface area (Å²) >= 11 is 0. The minimum Gasteiger partial charge on any atom is -0.481 e. The van der Waals surface area contributed by atoms with Gasteiger partial charge in [-0.2, -0.15) is 0 Å². The molecule has 7 nitrogen and oxygen atoms in total. The van der Waals surface area contributed by atoms with Gasteiger partial charge >= 0.3 is 11.9 Å². The first-order valence-corrected chi connectivity index (χ1v) is 10.00. The van der Waals surface area contributed by atoms with Gasteiger partial charge in [-0.15, -0.1) is 0 Å². The van der Waals surface area contributed by atoms with E-state index in [1.165, 1.54) is 6.92 Å². The molecular formula is C21H35NO6. The Kier molecular flexibility index (Phi) is 5.92. The smallest absolute Gasteiger partial charge is 0.316 e. The molecule has 0 aromatic rings. The molecule has 28 heavy (non-hydrogen) atoms. The highest BCUT2D eigenvalue weighted by atomic mass is 16.6. The molecule has 2 fully saturated rings. The minimum absolute atomic E-state index is 0.0394. The van der Waals surface area contributed by atoms with Gasteiger partial charge in [0.2, 0.25) is 5.91 Å². The van der Waals surface area contributed by atoms with Crippen molar-refractivity contribution in [3.63, 3.8) is 0 Å². The van der Waals surface area contributed by atoms with Crippen molar-refractivity contribution in [3.8, 4) is 0 Å². The van der Waals surface area contributed by atoms with Crippen LogP contribution in [0.1, 0.15) is 67.7 Å². The molecule has 0 saturated carbocycles. The SMILES string of the molecule is CC(C)(C)OC(=O)C1(C(C)(C)C)CN(C2CCOCC2)C(=O)CC1(C)C(=O)O. The number of rotatable bonds is 3. The van der Waals surface area contributed by atoms with E-state index in [2.05, 4.69) is 0 Å². The number of amides is 1. The summed E-state index contributed by atoms with van der Waals surface area (Å²) in [7, 11) is 0. The normalized spacial score (nSPS) is 30.2. The largest absolute Gasteiger partial charge is 0.481 e. The Morgan fingerprint density at radius 3 is 2.11 bits per heavy atom. The molecule has 2 unspecified atom stereocenters. The van der Waals surface area contributed by atoms with Crippen molar-refractivity contribution in [2.75, 3.05) is 19.8 Å². The van der Waals surface area contributed by atoms with Gasteiger partial charge in [-0.25, -0.2) is 0 Å². The molecule has 1 N–H and O–H groups in total. The molecule has 0 spiro atoms. The zero-order valence-electron chi connectivity index (χ0n) is 18.3. The Hall–Kier alpha value is -1.63. The van der Waals surface area contributed by atoms with E-state index in [1.807, 2.05) is 20.8 Å². The number of carbonyl (C=O) groups excluding carboxylic acids is 2. The van der Waals surface area contributed by atoms with E-state index in [0.29, 0.717) is 26.1 Å². The van der Waals surface area contributed by atoms with Crippen molar-refractivity contribution in [3.05, 3.63) is 0 Å². The maximum absolute atomic E-state index is 13.6. The average molecular weight is 398 g/mol. The van der Waals surface area contributed by atoms with Crippen LogP contribution in [0.4, 0.5) is 0 Å². The second-order valence-corrected chi connectivity index (χ2v) is 10.3. The van der Waals surface area contributed by atoms with Crippen molar-refractivity contribution in [1.82, 2.24) is 4.90 Å². The van der Waals surface area contributed by atoms with Crippen LogP contribution >= 0.6 is 0 Å². The standard InChI is InChI=1S/C21H35NO6/c1-18(2,3)21(17(26)28-19(4,5)6)13-22(14-8-10-27-11-9-14)15(23)12-20(21,7)16(24)25/h14H,8-13H2,1-7H3,(H,24,25). The molecule has 0 radical (unpaired) electrons. The van der Waals surface area contributed by atoms with Crippen molar-refractivity contribution in [2.24, 2.45) is 16.2 Å². The summed E-state index contributed by atoms with van der Waals surface area (Å²) in [5.74, 6) is -1.92. The second-order valence-electron chi connectivity index (χ2n) is 10.3. The first-order chi connectivity index (χ1) is 12.7. The van der Waals surface area contributed by atoms with Gasteiger partial charge in [-0.05, 0) is 46.0 Å². The highest BCUT2D eigenvalue weighted by Crippen LogP contribution is 2.58. The van der Waals surface area contributed by atoms with Gasteiger partial charge in [0.05, 0.1) is 5.41 Å². The lowest BCUT2D eigenvalue weighted by molar-refractivity contribution is -0.212. The Labute approximate surface area is 167 Å². The summed E-state index contributed by atoms with van der Waals surface area (Å²) in [5, 5.41) is 10.2. The molecule has 1 amide bonds. The van der Waals surface area contributed by atoms with Crippen LogP contribution in [0.25, 0.3) is 0 Å². The zero-order valence-corrected chi connectivity index (χ0v) is 18.3. The van der Waals surface area contributed by atoms with Crippen LogP contribution in [-0.2, 0) is 23.9 Å². The van der Waals surface area contributed by atoms with Gasteiger partial charge in [0.15, 0.2) is 0 Å². The summed E-state index contributed by atoms with van der Waals surface area (Å²) in [6.07, 6.45) is 1.14. The van der Waals surface area contributed by atoms with Crippen molar-refractivity contribution in [1.29, 1.82) is 0 Å². The maximum atomic E-state index is 13.6. The van der Waals surface area contributed by atoms with Crippen LogP contribution in [0.2, 0.25) is 0 Å². The predicted octanol–water partition coefficient (Wildman–Crippen LogP) is 2.86. The molecule has 0 aliphatic carbocycles. The number of likely N-dealkylation sites (tertiary alicyclic amines) is 1. The maximum Gasteiger partial charge on any atom is 0.316 e. The molecule has 160 valence electrons. The Bertz CT molecular complexity index is 640. The van der Waals surface area contributed by atoms with Crippen LogP contribution in [0.3, 0.4) is 0 Å². The lowest BCUT2D eigenvalue weighted by Crippen LogP contribution is -2.69. The van der Waals surface area contributed by atoms with E-state index < -0.39 is 33.8 Å². The number of carbonyl (C=O) groups is 3. The summed E-state index contributed by atoms with van der Waals surface area (Å²) in [6, 6.07) is -0.0521. The van der Waals surface area contributed by atoms with Gasteiger partial charge in [-0.3, -0.25) is 14.4 Å². The molecule has 0 aromatic carbocycles. The number of aliphatic carboxylic acids is 1. The van der Waals surface area contributed by atoms with Gasteiger partial charge in [0.25, 0.3) is 0 Å². The van der Waals surface area contributed by atoms with Gasteiger partial charge in [0, 0.05) is 32.2 Å². The summed E-state index contributed by atoms with van der Waals surface area (Å²) in [6.45, 7) is 13.5. The molecule has 7 heteroatoms. The molecule has 2 saturated heterocycles. The summed E-state index contributed by atoms with van der Waals surface area (Å²) in [4.78, 5) is 40.7. The summed E-state index contributed by atoms with van der Waals surface area (Å²) in [5.41, 5.74) is -4.45. The number of nitrogens with zero attached hydrogens (tertiary/aromatic N) is 1. The van der Waals surface area contributed by atoms with Crippen LogP contribution in [0, 0.1) is 16.2 Å². The average Bonchev–Trinajstić information content (AvgIpc) is 2.52. The van der Waals surface area contributed by atoms with Gasteiger partial charge in [0.1, 0.15) is 11.0 Å². The quantitative estimate of drug-likeness (QED) is 0.736. The van der Waals surface area contributed by atoms with E-state index in [0.717, 1.165) is 0 Å². The number of carboxylic acid groups (broad SMARTS) is 1. The molecule has 2 aliphatic heterocycles. The first kappa shape index (κ1) is 22.7. The summed E-state index contributed by atoms with van der Waals surface area (Å²) < 4.78 is 11.2. The fourth-order valence-corrected chi connectivity index (χ4v) is 4.69. The molecule has 2 heterocycles. The minimum atomic E-state index is -1.56. The third-order valence-electron chi connectivity index (χ3n) is 6.31. The molecular weight excluding hydrogens is 362 g/mol. The molecule has 2 atom stereocenters. The van der Waals surface area contributed by atoms with Crippen molar-refractivity contribution in [2.45, 2.75) is 79.4 Å².